The number of halogens is 2. The summed E-state index contributed by atoms with van der Waals surface area (Å²) in [5, 5.41) is 2.41. The average molecular weight is 570 g/mol. The molecule has 0 radical (unpaired) electrons. The molecule has 0 spiro atoms. The zero-order valence-electron chi connectivity index (χ0n) is 23.5. The highest BCUT2D eigenvalue weighted by Gasteiger charge is 2.29. The molecule has 2 amide bonds. The molecule has 10 nitrogen and oxygen atoms in total. The Hall–Kier alpha value is -4.61. The topological polar surface area (TPSA) is 137 Å². The van der Waals surface area contributed by atoms with E-state index in [2.05, 4.69) is 22.2 Å². The molecule has 4 rings (SSSR count). The van der Waals surface area contributed by atoms with E-state index in [-0.39, 0.29) is 51.5 Å². The standard InChI is InChI=1S/C19H14F2N4O3.C10H19NO2/c1-28-16-4-2-3-11(20)17(16)18-23-6-5-14(24-18)19(27)25-15-8-12(21)10(9-26)7-13(15)22;1-8-6-5-7-11(8)9(12)13-10(2,3)4/h2-9H,22H2,1H3,(H,25,27);8H,5-7H2,1-4H3/t;8-/m.1/s1. The average Bonchev–Trinajstić information content (AvgIpc) is 3.35. The largest absolute Gasteiger partial charge is 0.496 e. The number of nitrogens with one attached hydrogen (secondary N) is 1. The molecule has 2 aromatic carbocycles. The van der Waals surface area contributed by atoms with E-state index in [4.69, 9.17) is 15.2 Å². The summed E-state index contributed by atoms with van der Waals surface area (Å²) in [6.07, 6.45) is 3.62. The molecule has 0 unspecified atom stereocenters. The third kappa shape index (κ3) is 7.96. The molecule has 218 valence electrons. The number of nitrogens with two attached hydrogens (primary N) is 1. The summed E-state index contributed by atoms with van der Waals surface area (Å²) in [5.41, 5.74) is 5.00. The minimum Gasteiger partial charge on any atom is -0.496 e. The number of nitrogens with zero attached hydrogens (tertiary/aromatic N) is 3. The first-order chi connectivity index (χ1) is 19.3. The van der Waals surface area contributed by atoms with Gasteiger partial charge in [0.15, 0.2) is 12.1 Å². The maximum absolute atomic E-state index is 14.2. The van der Waals surface area contributed by atoms with Crippen molar-refractivity contribution in [3.8, 4) is 17.1 Å². The van der Waals surface area contributed by atoms with Crippen LogP contribution >= 0.6 is 0 Å². The predicted molar refractivity (Wildman–Crippen MR) is 150 cm³/mol. The molecule has 1 aliphatic heterocycles. The molecular formula is C29H33F2N5O5. The fraction of sp³-hybridized carbons (Fsp3) is 0.345. The Kier molecular flexibility index (Phi) is 9.93. The highest BCUT2D eigenvalue weighted by molar-refractivity contribution is 6.05. The van der Waals surface area contributed by atoms with Crippen LogP contribution in [0.3, 0.4) is 0 Å². The maximum atomic E-state index is 14.2. The summed E-state index contributed by atoms with van der Waals surface area (Å²) in [4.78, 5) is 44.7. The smallest absolute Gasteiger partial charge is 0.410 e. The lowest BCUT2D eigenvalue weighted by atomic mass is 10.1. The Morgan fingerprint density at radius 3 is 2.51 bits per heavy atom. The van der Waals surface area contributed by atoms with Gasteiger partial charge in [0.2, 0.25) is 0 Å². The summed E-state index contributed by atoms with van der Waals surface area (Å²) in [6, 6.07) is 7.90. The molecule has 1 saturated heterocycles. The number of nitrogen functional groups attached to an aromatic ring is 1. The van der Waals surface area contributed by atoms with E-state index in [1.54, 1.807) is 0 Å². The number of benzene rings is 2. The summed E-state index contributed by atoms with van der Waals surface area (Å²) in [5.74, 6) is -2.03. The van der Waals surface area contributed by atoms with Gasteiger partial charge in [-0.3, -0.25) is 9.59 Å². The molecular weight excluding hydrogens is 536 g/mol. The van der Waals surface area contributed by atoms with Gasteiger partial charge in [0, 0.05) is 24.8 Å². The molecule has 1 aliphatic rings. The number of rotatable bonds is 5. The minimum atomic E-state index is -0.834. The van der Waals surface area contributed by atoms with E-state index in [0.717, 1.165) is 31.5 Å². The van der Waals surface area contributed by atoms with Crippen LogP contribution in [0.4, 0.5) is 25.0 Å². The fourth-order valence-electron chi connectivity index (χ4n) is 4.01. The van der Waals surface area contributed by atoms with Crippen molar-refractivity contribution in [2.75, 3.05) is 24.7 Å². The second-order valence-electron chi connectivity index (χ2n) is 10.3. The van der Waals surface area contributed by atoms with Crippen molar-refractivity contribution in [3.05, 3.63) is 65.5 Å². The van der Waals surface area contributed by atoms with Crippen LogP contribution < -0.4 is 15.8 Å². The maximum Gasteiger partial charge on any atom is 0.410 e. The number of likely N-dealkylation sites (tertiary alicyclic amines) is 1. The van der Waals surface area contributed by atoms with E-state index in [1.807, 2.05) is 25.7 Å². The Balaban J connectivity index is 0.000000298. The molecule has 12 heteroatoms. The molecule has 1 atom stereocenters. The van der Waals surface area contributed by atoms with Crippen molar-refractivity contribution >= 4 is 29.7 Å². The number of carbonyl (C=O) groups is 3. The van der Waals surface area contributed by atoms with Gasteiger partial charge in [-0.05, 0) is 64.8 Å². The number of methoxy groups -OCH3 is 1. The van der Waals surface area contributed by atoms with Gasteiger partial charge < -0.3 is 25.4 Å². The van der Waals surface area contributed by atoms with E-state index in [1.165, 1.54) is 37.6 Å². The van der Waals surface area contributed by atoms with Crippen molar-refractivity contribution in [1.29, 1.82) is 0 Å². The molecule has 0 saturated carbocycles. The van der Waals surface area contributed by atoms with Crippen LogP contribution in [0.5, 0.6) is 5.75 Å². The van der Waals surface area contributed by atoms with Crippen molar-refractivity contribution < 1.29 is 32.6 Å². The molecule has 1 aromatic heterocycles. The van der Waals surface area contributed by atoms with Crippen LogP contribution in [-0.2, 0) is 4.74 Å². The number of hydrogen-bond donors (Lipinski definition) is 2. The fourth-order valence-corrected chi connectivity index (χ4v) is 4.01. The van der Waals surface area contributed by atoms with E-state index >= 15 is 0 Å². The first-order valence-corrected chi connectivity index (χ1v) is 12.9. The van der Waals surface area contributed by atoms with Crippen LogP contribution in [-0.4, -0.2) is 58.5 Å². The highest BCUT2D eigenvalue weighted by atomic mass is 19.1. The van der Waals surface area contributed by atoms with E-state index in [0.29, 0.717) is 12.3 Å². The second-order valence-corrected chi connectivity index (χ2v) is 10.3. The van der Waals surface area contributed by atoms with Gasteiger partial charge in [-0.15, -0.1) is 0 Å². The quantitative estimate of drug-likeness (QED) is 0.304. The van der Waals surface area contributed by atoms with Gasteiger partial charge in [0.05, 0.1) is 29.6 Å². The van der Waals surface area contributed by atoms with Crippen molar-refractivity contribution in [2.24, 2.45) is 0 Å². The van der Waals surface area contributed by atoms with Crippen LogP contribution in [0.1, 0.15) is 61.4 Å². The summed E-state index contributed by atoms with van der Waals surface area (Å²) >= 11 is 0. The molecule has 1 fully saturated rings. The van der Waals surface area contributed by atoms with Gasteiger partial charge in [-0.2, -0.15) is 0 Å². The molecule has 41 heavy (non-hydrogen) atoms. The molecule has 3 N–H and O–H groups in total. The monoisotopic (exact) mass is 569 g/mol. The third-order valence-electron chi connectivity index (χ3n) is 6.03. The Morgan fingerprint density at radius 1 is 1.17 bits per heavy atom. The first-order valence-electron chi connectivity index (χ1n) is 12.9. The van der Waals surface area contributed by atoms with Gasteiger partial charge in [0.25, 0.3) is 5.91 Å². The first kappa shape index (κ1) is 30.9. The Labute approximate surface area is 236 Å². The Bertz CT molecular complexity index is 1430. The number of ether oxygens (including phenoxy) is 2. The lowest BCUT2D eigenvalue weighted by Crippen LogP contribution is -2.38. The van der Waals surface area contributed by atoms with Crippen molar-refractivity contribution in [1.82, 2.24) is 14.9 Å². The summed E-state index contributed by atoms with van der Waals surface area (Å²) in [6.45, 7) is 8.59. The normalized spacial score (nSPS) is 14.5. The zero-order valence-corrected chi connectivity index (χ0v) is 23.5. The lowest BCUT2D eigenvalue weighted by Gasteiger charge is -2.26. The summed E-state index contributed by atoms with van der Waals surface area (Å²) < 4.78 is 38.4. The highest BCUT2D eigenvalue weighted by Crippen LogP contribution is 2.30. The van der Waals surface area contributed by atoms with Crippen LogP contribution in [0.2, 0.25) is 0 Å². The van der Waals surface area contributed by atoms with Gasteiger partial charge in [-0.1, -0.05) is 6.07 Å². The van der Waals surface area contributed by atoms with Crippen molar-refractivity contribution in [3.63, 3.8) is 0 Å². The molecule has 0 bridgehead atoms. The molecule has 3 aromatic rings. The lowest BCUT2D eigenvalue weighted by molar-refractivity contribution is 0.0239. The van der Waals surface area contributed by atoms with Crippen molar-refractivity contribution in [2.45, 2.75) is 52.2 Å². The number of aromatic nitrogens is 2. The number of anilines is 2. The number of amides is 2. The minimum absolute atomic E-state index is 0.000504. The van der Waals surface area contributed by atoms with E-state index in [9.17, 15) is 23.2 Å². The Morgan fingerprint density at radius 2 is 1.90 bits per heavy atom. The number of carbonyl (C=O) groups excluding carboxylic acids is 3. The summed E-state index contributed by atoms with van der Waals surface area (Å²) in [7, 11) is 1.37. The van der Waals surface area contributed by atoms with Crippen LogP contribution in [0.25, 0.3) is 11.4 Å². The SMILES string of the molecule is COc1cccc(F)c1-c1nccc(C(=O)Nc2cc(F)c(C=O)cc2N)n1.C[C@@H]1CCCN1C(=O)OC(C)(C)C. The van der Waals surface area contributed by atoms with Crippen LogP contribution in [0.15, 0.2) is 42.6 Å². The predicted octanol–water partition coefficient (Wildman–Crippen LogP) is 5.48. The third-order valence-corrected chi connectivity index (χ3v) is 6.03. The molecule has 2 heterocycles. The number of hydrogen-bond acceptors (Lipinski definition) is 8. The second kappa shape index (κ2) is 13.2. The zero-order chi connectivity index (χ0) is 30.3. The van der Waals surface area contributed by atoms with Gasteiger partial charge in [-0.25, -0.2) is 23.5 Å². The van der Waals surface area contributed by atoms with Crippen LogP contribution in [0, 0.1) is 11.6 Å². The molecule has 0 aliphatic carbocycles. The number of aldehydes is 1. The van der Waals surface area contributed by atoms with Gasteiger partial charge in [0.1, 0.15) is 28.7 Å². The van der Waals surface area contributed by atoms with Gasteiger partial charge >= 0.3 is 6.09 Å². The van der Waals surface area contributed by atoms with E-state index < -0.39 is 17.5 Å².